The highest BCUT2D eigenvalue weighted by molar-refractivity contribution is 7.10. The van der Waals surface area contributed by atoms with E-state index in [1.165, 1.54) is 10.4 Å². The predicted molar refractivity (Wildman–Crippen MR) is 79.4 cm³/mol. The highest BCUT2D eigenvalue weighted by Crippen LogP contribution is 2.33. The van der Waals surface area contributed by atoms with Gasteiger partial charge < -0.3 is 5.11 Å². The lowest BCUT2D eigenvalue weighted by Gasteiger charge is -2.35. The molecule has 2 nitrogen and oxygen atoms in total. The number of nitrogens with zero attached hydrogens (tertiary/aromatic N) is 1. The fraction of sp³-hybridized carbons (Fsp3) is 0.375. The predicted octanol–water partition coefficient (Wildman–Crippen LogP) is 3.40. The molecule has 0 saturated heterocycles. The molecule has 1 aliphatic rings. The Hall–Kier alpha value is -1.16. The summed E-state index contributed by atoms with van der Waals surface area (Å²) in [5.41, 5.74) is 2.45. The van der Waals surface area contributed by atoms with E-state index in [4.69, 9.17) is 0 Å². The molecule has 2 heterocycles. The number of benzene rings is 1. The maximum absolute atomic E-state index is 10.4. The summed E-state index contributed by atoms with van der Waals surface area (Å²) >= 11 is 1.86. The quantitative estimate of drug-likeness (QED) is 0.926. The van der Waals surface area contributed by atoms with E-state index < -0.39 is 6.10 Å². The van der Waals surface area contributed by atoms with E-state index >= 15 is 0 Å². The summed E-state index contributed by atoms with van der Waals surface area (Å²) in [6.45, 7) is 3.99. The van der Waals surface area contributed by atoms with Crippen molar-refractivity contribution in [1.82, 2.24) is 4.90 Å². The van der Waals surface area contributed by atoms with Crippen LogP contribution in [-0.2, 0) is 6.42 Å². The number of thiophene rings is 1. The molecule has 0 bridgehead atoms. The van der Waals surface area contributed by atoms with E-state index in [9.17, 15) is 5.11 Å². The van der Waals surface area contributed by atoms with Crippen LogP contribution in [0, 0.1) is 0 Å². The van der Waals surface area contributed by atoms with Gasteiger partial charge in [0.15, 0.2) is 0 Å². The molecule has 0 radical (unpaired) electrons. The number of hydrogen-bond acceptors (Lipinski definition) is 3. The molecule has 3 rings (SSSR count). The van der Waals surface area contributed by atoms with Gasteiger partial charge in [0.25, 0.3) is 0 Å². The number of β-amino-alcohol motifs (C(OH)–C–C–N with tert-alkyl or cyclic N) is 1. The van der Waals surface area contributed by atoms with Gasteiger partial charge in [0.1, 0.15) is 0 Å². The molecule has 0 amide bonds. The molecule has 1 aliphatic heterocycles. The summed E-state index contributed by atoms with van der Waals surface area (Å²) in [5, 5.41) is 12.5. The number of rotatable bonds is 3. The molecule has 100 valence electrons. The summed E-state index contributed by atoms with van der Waals surface area (Å²) in [6.07, 6.45) is 0.711. The van der Waals surface area contributed by atoms with Crippen molar-refractivity contribution in [3.63, 3.8) is 0 Å². The van der Waals surface area contributed by atoms with Crippen LogP contribution in [0.25, 0.3) is 0 Å². The van der Waals surface area contributed by atoms with Gasteiger partial charge in [-0.1, -0.05) is 30.3 Å². The van der Waals surface area contributed by atoms with E-state index in [0.717, 1.165) is 18.5 Å². The van der Waals surface area contributed by atoms with Gasteiger partial charge in [0, 0.05) is 24.0 Å². The maximum Gasteiger partial charge on any atom is 0.0917 e. The summed E-state index contributed by atoms with van der Waals surface area (Å²) in [5.74, 6) is 0. The zero-order valence-corrected chi connectivity index (χ0v) is 11.9. The number of aliphatic hydroxyl groups excluding tert-OH is 1. The molecule has 0 spiro atoms. The summed E-state index contributed by atoms with van der Waals surface area (Å²) < 4.78 is 0. The minimum absolute atomic E-state index is 0.399. The minimum atomic E-state index is -0.399. The van der Waals surface area contributed by atoms with Gasteiger partial charge >= 0.3 is 0 Å². The average Bonchev–Trinajstić information content (AvgIpc) is 2.92. The van der Waals surface area contributed by atoms with E-state index in [-0.39, 0.29) is 0 Å². The van der Waals surface area contributed by atoms with Crippen LogP contribution < -0.4 is 0 Å². The molecule has 0 saturated carbocycles. The first-order valence-electron chi connectivity index (χ1n) is 6.79. The average molecular weight is 273 g/mol. The van der Waals surface area contributed by atoms with Gasteiger partial charge in [0.2, 0.25) is 0 Å². The van der Waals surface area contributed by atoms with Gasteiger partial charge in [0.05, 0.1) is 6.10 Å². The van der Waals surface area contributed by atoms with E-state index in [2.05, 4.69) is 23.3 Å². The molecular formula is C16H19NOS. The fourth-order valence-electron chi connectivity index (χ4n) is 2.81. The molecule has 3 heteroatoms. The molecule has 1 aromatic heterocycles. The first kappa shape index (κ1) is 12.9. The van der Waals surface area contributed by atoms with Crippen molar-refractivity contribution in [1.29, 1.82) is 0 Å². The SMILES string of the molecule is C[C@@H]1c2ccsc2CCN1C[C@@H](O)c1ccccc1. The van der Waals surface area contributed by atoms with Crippen molar-refractivity contribution < 1.29 is 5.11 Å². The molecular weight excluding hydrogens is 254 g/mol. The zero-order valence-electron chi connectivity index (χ0n) is 11.1. The van der Waals surface area contributed by atoms with Crippen LogP contribution in [0.1, 0.15) is 35.1 Å². The van der Waals surface area contributed by atoms with Crippen molar-refractivity contribution in [2.75, 3.05) is 13.1 Å². The molecule has 0 unspecified atom stereocenters. The summed E-state index contributed by atoms with van der Waals surface area (Å²) in [6, 6.07) is 12.6. The third-order valence-corrected chi connectivity index (χ3v) is 4.99. The maximum atomic E-state index is 10.4. The lowest BCUT2D eigenvalue weighted by molar-refractivity contribution is 0.0871. The molecule has 19 heavy (non-hydrogen) atoms. The highest BCUT2D eigenvalue weighted by atomic mass is 32.1. The Morgan fingerprint density at radius 1 is 1.32 bits per heavy atom. The number of aliphatic hydroxyl groups is 1. The fourth-order valence-corrected chi connectivity index (χ4v) is 3.78. The second-order valence-corrected chi connectivity index (χ2v) is 6.15. The van der Waals surface area contributed by atoms with Gasteiger partial charge in [-0.2, -0.15) is 0 Å². The lowest BCUT2D eigenvalue weighted by Crippen LogP contribution is -2.36. The highest BCUT2D eigenvalue weighted by Gasteiger charge is 2.26. The Morgan fingerprint density at radius 2 is 2.11 bits per heavy atom. The summed E-state index contributed by atoms with van der Waals surface area (Å²) in [7, 11) is 0. The molecule has 2 atom stereocenters. The van der Waals surface area contributed by atoms with Crippen LogP contribution in [-0.4, -0.2) is 23.1 Å². The topological polar surface area (TPSA) is 23.5 Å². The van der Waals surface area contributed by atoms with Gasteiger partial charge in [-0.25, -0.2) is 0 Å². The third kappa shape index (κ3) is 2.59. The number of fused-ring (bicyclic) bond motifs is 1. The van der Waals surface area contributed by atoms with E-state index in [1.807, 2.05) is 41.7 Å². The Bertz CT molecular complexity index is 537. The second kappa shape index (κ2) is 5.45. The minimum Gasteiger partial charge on any atom is -0.387 e. The van der Waals surface area contributed by atoms with E-state index in [1.54, 1.807) is 0 Å². The van der Waals surface area contributed by atoms with Gasteiger partial charge in [-0.3, -0.25) is 4.90 Å². The Balaban J connectivity index is 1.71. The number of hydrogen-bond donors (Lipinski definition) is 1. The smallest absolute Gasteiger partial charge is 0.0917 e. The van der Waals surface area contributed by atoms with Crippen LogP contribution >= 0.6 is 11.3 Å². The second-order valence-electron chi connectivity index (χ2n) is 5.15. The molecule has 0 aliphatic carbocycles. The molecule has 0 fully saturated rings. The van der Waals surface area contributed by atoms with Crippen molar-refractivity contribution in [3.8, 4) is 0 Å². The summed E-state index contributed by atoms with van der Waals surface area (Å²) in [4.78, 5) is 3.89. The standard InChI is InChI=1S/C16H19NOS/c1-12-14-8-10-19-16(14)7-9-17(12)11-15(18)13-5-3-2-4-6-13/h2-6,8,10,12,15,18H,7,9,11H2,1H3/t12-,15-/m1/s1. The normalized spacial score (nSPS) is 21.1. The van der Waals surface area contributed by atoms with Crippen molar-refractivity contribution in [3.05, 3.63) is 57.8 Å². The van der Waals surface area contributed by atoms with Gasteiger partial charge in [-0.05, 0) is 35.9 Å². The van der Waals surface area contributed by atoms with Crippen LogP contribution in [0.3, 0.4) is 0 Å². The Morgan fingerprint density at radius 3 is 2.89 bits per heavy atom. The van der Waals surface area contributed by atoms with Gasteiger partial charge in [-0.15, -0.1) is 11.3 Å². The first-order chi connectivity index (χ1) is 9.25. The van der Waals surface area contributed by atoms with Crippen LogP contribution in [0.4, 0.5) is 0 Å². The largest absolute Gasteiger partial charge is 0.387 e. The van der Waals surface area contributed by atoms with Crippen LogP contribution in [0.5, 0.6) is 0 Å². The lowest BCUT2D eigenvalue weighted by atomic mass is 10.00. The van der Waals surface area contributed by atoms with E-state index in [0.29, 0.717) is 12.6 Å². The molecule has 2 aromatic rings. The van der Waals surface area contributed by atoms with Crippen molar-refractivity contribution in [2.24, 2.45) is 0 Å². The van der Waals surface area contributed by atoms with Crippen LogP contribution in [0.2, 0.25) is 0 Å². The first-order valence-corrected chi connectivity index (χ1v) is 7.67. The third-order valence-electron chi connectivity index (χ3n) is 4.00. The van der Waals surface area contributed by atoms with Crippen molar-refractivity contribution in [2.45, 2.75) is 25.5 Å². The monoisotopic (exact) mass is 273 g/mol. The zero-order chi connectivity index (χ0) is 13.2. The Kier molecular flexibility index (Phi) is 3.69. The van der Waals surface area contributed by atoms with Crippen molar-refractivity contribution >= 4 is 11.3 Å². The van der Waals surface area contributed by atoms with Crippen LogP contribution in [0.15, 0.2) is 41.8 Å². The molecule has 1 aromatic carbocycles. The molecule has 1 N–H and O–H groups in total. The Labute approximate surface area is 118 Å².